The SMILES string of the molecule is O=c1ccn([C@@H]2O[C@H](CBr)[C@@H](O)C2(F)F)c(=O)[nH]1. The minimum Gasteiger partial charge on any atom is -0.384 e. The molecule has 1 saturated heterocycles. The number of aromatic nitrogens is 2. The van der Waals surface area contributed by atoms with Crippen LogP contribution in [0.3, 0.4) is 0 Å². The van der Waals surface area contributed by atoms with Crippen molar-refractivity contribution in [1.82, 2.24) is 9.55 Å². The van der Waals surface area contributed by atoms with Gasteiger partial charge in [-0.05, 0) is 0 Å². The topological polar surface area (TPSA) is 84.3 Å². The van der Waals surface area contributed by atoms with E-state index in [1.54, 1.807) is 0 Å². The fourth-order valence-electron chi connectivity index (χ4n) is 1.71. The summed E-state index contributed by atoms with van der Waals surface area (Å²) in [4.78, 5) is 24.1. The number of nitrogens with one attached hydrogen (secondary N) is 1. The molecular weight excluding hydrogens is 318 g/mol. The van der Waals surface area contributed by atoms with Gasteiger partial charge in [-0.15, -0.1) is 0 Å². The van der Waals surface area contributed by atoms with Crippen molar-refractivity contribution < 1.29 is 18.6 Å². The quantitative estimate of drug-likeness (QED) is 0.739. The number of hydrogen-bond donors (Lipinski definition) is 2. The first-order valence-electron chi connectivity index (χ1n) is 4.96. The summed E-state index contributed by atoms with van der Waals surface area (Å²) in [6.07, 6.45) is -4.20. The molecule has 0 aliphatic carbocycles. The van der Waals surface area contributed by atoms with Gasteiger partial charge in [0.15, 0.2) is 0 Å². The number of nitrogens with zero attached hydrogens (tertiary/aromatic N) is 1. The molecule has 0 bridgehead atoms. The minimum atomic E-state index is -3.62. The molecule has 0 aromatic carbocycles. The van der Waals surface area contributed by atoms with Crippen LogP contribution in [0.25, 0.3) is 0 Å². The molecule has 1 fully saturated rings. The highest BCUT2D eigenvalue weighted by Crippen LogP contribution is 2.42. The van der Waals surface area contributed by atoms with Gasteiger partial charge in [0.05, 0.1) is 0 Å². The van der Waals surface area contributed by atoms with Gasteiger partial charge in [-0.3, -0.25) is 14.3 Å². The van der Waals surface area contributed by atoms with E-state index in [0.717, 1.165) is 12.3 Å². The van der Waals surface area contributed by atoms with E-state index >= 15 is 0 Å². The van der Waals surface area contributed by atoms with Crippen LogP contribution in [0.2, 0.25) is 0 Å². The number of H-pyrrole nitrogens is 1. The van der Waals surface area contributed by atoms with Gasteiger partial charge in [0.25, 0.3) is 5.56 Å². The smallest absolute Gasteiger partial charge is 0.330 e. The molecule has 2 heterocycles. The molecule has 1 aliphatic rings. The normalized spacial score (nSPS) is 30.6. The second-order valence-electron chi connectivity index (χ2n) is 3.82. The van der Waals surface area contributed by atoms with Gasteiger partial charge in [0.1, 0.15) is 12.2 Å². The summed E-state index contributed by atoms with van der Waals surface area (Å²) in [5.74, 6) is -3.62. The number of aliphatic hydroxyl groups excluding tert-OH is 1. The minimum absolute atomic E-state index is 0.00163. The Morgan fingerprint density at radius 3 is 2.72 bits per heavy atom. The summed E-state index contributed by atoms with van der Waals surface area (Å²) in [6.45, 7) is 0. The largest absolute Gasteiger partial charge is 0.384 e. The average molecular weight is 327 g/mol. The summed E-state index contributed by atoms with van der Waals surface area (Å²) in [5.41, 5.74) is -1.72. The van der Waals surface area contributed by atoms with Crippen LogP contribution in [0.15, 0.2) is 21.9 Å². The molecule has 0 amide bonds. The lowest BCUT2D eigenvalue weighted by Gasteiger charge is -2.20. The van der Waals surface area contributed by atoms with Crippen LogP contribution >= 0.6 is 15.9 Å². The zero-order chi connectivity index (χ0) is 13.5. The van der Waals surface area contributed by atoms with Crippen LogP contribution in [0.4, 0.5) is 8.78 Å². The standard InChI is InChI=1S/C9H9BrF2N2O4/c10-3-4-6(16)9(11,12)7(18-4)14-2-1-5(15)13-8(14)17/h1-2,4,6-7,16H,3H2,(H,13,15,17)/t4-,6-,7-/m1/s1. The number of ether oxygens (including phenoxy) is 1. The maximum absolute atomic E-state index is 13.8. The predicted molar refractivity (Wildman–Crippen MR) is 60.0 cm³/mol. The van der Waals surface area contributed by atoms with Crippen molar-refractivity contribution in [2.75, 3.05) is 5.33 Å². The molecule has 0 saturated carbocycles. The first kappa shape index (κ1) is 13.4. The van der Waals surface area contributed by atoms with Crippen LogP contribution in [-0.2, 0) is 4.74 Å². The maximum atomic E-state index is 13.8. The van der Waals surface area contributed by atoms with Gasteiger partial charge in [-0.25, -0.2) is 4.79 Å². The molecule has 1 aromatic heterocycles. The zero-order valence-corrected chi connectivity index (χ0v) is 10.4. The maximum Gasteiger partial charge on any atom is 0.330 e. The molecule has 3 atom stereocenters. The molecule has 100 valence electrons. The third-order valence-corrected chi connectivity index (χ3v) is 3.27. The summed E-state index contributed by atoms with van der Waals surface area (Å²) in [5, 5.41) is 9.40. The highest BCUT2D eigenvalue weighted by Gasteiger charge is 2.59. The molecule has 2 rings (SSSR count). The highest BCUT2D eigenvalue weighted by molar-refractivity contribution is 9.09. The second kappa shape index (κ2) is 4.56. The lowest BCUT2D eigenvalue weighted by atomic mass is 10.1. The number of aromatic amines is 1. The first-order valence-corrected chi connectivity index (χ1v) is 6.09. The number of alkyl halides is 3. The molecule has 2 N–H and O–H groups in total. The first-order chi connectivity index (χ1) is 8.37. The number of rotatable bonds is 2. The molecule has 9 heteroatoms. The second-order valence-corrected chi connectivity index (χ2v) is 4.47. The molecule has 0 spiro atoms. The molecule has 6 nitrogen and oxygen atoms in total. The fourth-order valence-corrected chi connectivity index (χ4v) is 2.22. The molecular formula is C9H9BrF2N2O4. The van der Waals surface area contributed by atoms with Crippen LogP contribution < -0.4 is 11.2 Å². The van der Waals surface area contributed by atoms with Crippen molar-refractivity contribution in [1.29, 1.82) is 0 Å². The Labute approximate surface area is 107 Å². The Hall–Kier alpha value is -1.06. The van der Waals surface area contributed by atoms with Gasteiger partial charge in [-0.1, -0.05) is 15.9 Å². The Morgan fingerprint density at radius 1 is 1.56 bits per heavy atom. The molecule has 0 radical (unpaired) electrons. The lowest BCUT2D eigenvalue weighted by molar-refractivity contribution is -0.140. The van der Waals surface area contributed by atoms with E-state index in [9.17, 15) is 23.5 Å². The molecule has 1 aromatic rings. The van der Waals surface area contributed by atoms with E-state index < -0.39 is 35.6 Å². The van der Waals surface area contributed by atoms with Gasteiger partial charge in [-0.2, -0.15) is 8.78 Å². The molecule has 0 unspecified atom stereocenters. The monoisotopic (exact) mass is 326 g/mol. The highest BCUT2D eigenvalue weighted by atomic mass is 79.9. The van der Waals surface area contributed by atoms with Gasteiger partial charge < -0.3 is 9.84 Å². The van der Waals surface area contributed by atoms with E-state index in [1.807, 2.05) is 4.98 Å². The van der Waals surface area contributed by atoms with Crippen molar-refractivity contribution in [3.8, 4) is 0 Å². The average Bonchev–Trinajstić information content (AvgIpc) is 2.52. The number of aliphatic hydroxyl groups is 1. The third-order valence-electron chi connectivity index (χ3n) is 2.64. The Morgan fingerprint density at radius 2 is 2.22 bits per heavy atom. The van der Waals surface area contributed by atoms with E-state index in [2.05, 4.69) is 15.9 Å². The third kappa shape index (κ3) is 2.02. The lowest BCUT2D eigenvalue weighted by Crippen LogP contribution is -2.42. The summed E-state index contributed by atoms with van der Waals surface area (Å²) in [7, 11) is 0. The van der Waals surface area contributed by atoms with Crippen molar-refractivity contribution >= 4 is 15.9 Å². The van der Waals surface area contributed by atoms with Crippen LogP contribution in [-0.4, -0.2) is 38.1 Å². The summed E-state index contributed by atoms with van der Waals surface area (Å²) in [6, 6.07) is 0.925. The molecule has 18 heavy (non-hydrogen) atoms. The van der Waals surface area contributed by atoms with Crippen LogP contribution in [0.1, 0.15) is 6.23 Å². The van der Waals surface area contributed by atoms with Gasteiger partial charge in [0, 0.05) is 17.6 Å². The number of hydrogen-bond acceptors (Lipinski definition) is 4. The molecule has 1 aliphatic heterocycles. The van der Waals surface area contributed by atoms with E-state index in [4.69, 9.17) is 4.74 Å². The van der Waals surface area contributed by atoms with Crippen molar-refractivity contribution in [3.05, 3.63) is 33.1 Å². The van der Waals surface area contributed by atoms with E-state index in [0.29, 0.717) is 4.57 Å². The Balaban J connectivity index is 2.45. The Kier molecular flexibility index (Phi) is 3.39. The van der Waals surface area contributed by atoms with Crippen molar-refractivity contribution in [2.24, 2.45) is 0 Å². The van der Waals surface area contributed by atoms with Crippen LogP contribution in [0, 0.1) is 0 Å². The van der Waals surface area contributed by atoms with Gasteiger partial charge in [0.2, 0.25) is 6.23 Å². The van der Waals surface area contributed by atoms with Crippen molar-refractivity contribution in [2.45, 2.75) is 24.4 Å². The summed E-state index contributed by atoms with van der Waals surface area (Å²) < 4.78 is 33.0. The van der Waals surface area contributed by atoms with Gasteiger partial charge >= 0.3 is 11.6 Å². The predicted octanol–water partition coefficient (Wildman–Crippen LogP) is -0.175. The van der Waals surface area contributed by atoms with Crippen molar-refractivity contribution in [3.63, 3.8) is 0 Å². The number of halogens is 3. The van der Waals surface area contributed by atoms with Crippen LogP contribution in [0.5, 0.6) is 0 Å². The van der Waals surface area contributed by atoms with E-state index in [1.165, 1.54) is 0 Å². The van der Waals surface area contributed by atoms with E-state index in [-0.39, 0.29) is 5.33 Å². The fraction of sp³-hybridized carbons (Fsp3) is 0.556. The Bertz CT molecular complexity index is 558. The summed E-state index contributed by atoms with van der Waals surface area (Å²) >= 11 is 2.93. The zero-order valence-electron chi connectivity index (χ0n) is 8.85.